The molecule has 1 N–H and O–H groups in total. The van der Waals surface area contributed by atoms with E-state index in [0.29, 0.717) is 6.54 Å². The van der Waals surface area contributed by atoms with Crippen LogP contribution in [-0.4, -0.2) is 25.3 Å². The summed E-state index contributed by atoms with van der Waals surface area (Å²) in [6.45, 7) is 1.59. The van der Waals surface area contributed by atoms with Crippen molar-refractivity contribution in [2.24, 2.45) is 0 Å². The van der Waals surface area contributed by atoms with Crippen molar-refractivity contribution in [1.29, 1.82) is 0 Å². The van der Waals surface area contributed by atoms with Crippen LogP contribution in [0.4, 0.5) is 5.69 Å². The van der Waals surface area contributed by atoms with E-state index in [4.69, 9.17) is 4.74 Å². The van der Waals surface area contributed by atoms with Gasteiger partial charge >= 0.3 is 0 Å². The Labute approximate surface area is 119 Å². The summed E-state index contributed by atoms with van der Waals surface area (Å²) in [5, 5.41) is 10.4. The topological polar surface area (TPSA) is 32.7 Å². The standard InChI is InChI=1S/C17H19NO2/c1-20-15-7-4-6-14(11-15)17(19)12-18-10-9-13-5-2-3-8-16(13)18/h2-8,11,17,19H,9-10,12H2,1H3. The highest BCUT2D eigenvalue weighted by Gasteiger charge is 2.21. The molecule has 3 nitrogen and oxygen atoms in total. The first-order valence-electron chi connectivity index (χ1n) is 6.93. The number of β-amino-alcohol motifs (C(OH)–C–C–N with tert-alkyl or cyclic N) is 1. The second kappa shape index (κ2) is 5.55. The van der Waals surface area contributed by atoms with E-state index in [1.165, 1.54) is 11.3 Å². The first kappa shape index (κ1) is 13.0. The second-order valence-electron chi connectivity index (χ2n) is 5.12. The molecular weight excluding hydrogens is 250 g/mol. The largest absolute Gasteiger partial charge is 0.497 e. The summed E-state index contributed by atoms with van der Waals surface area (Å²) in [6.07, 6.45) is 0.553. The van der Waals surface area contributed by atoms with Crippen molar-refractivity contribution in [3.63, 3.8) is 0 Å². The number of anilines is 1. The number of ether oxygens (including phenoxy) is 1. The van der Waals surface area contributed by atoms with Crippen molar-refractivity contribution in [2.45, 2.75) is 12.5 Å². The Hall–Kier alpha value is -2.00. The lowest BCUT2D eigenvalue weighted by Gasteiger charge is -2.23. The van der Waals surface area contributed by atoms with Crippen molar-refractivity contribution in [1.82, 2.24) is 0 Å². The van der Waals surface area contributed by atoms with Gasteiger partial charge in [0.1, 0.15) is 5.75 Å². The van der Waals surface area contributed by atoms with E-state index in [1.807, 2.05) is 24.3 Å². The van der Waals surface area contributed by atoms with Gasteiger partial charge in [0.15, 0.2) is 0 Å². The highest BCUT2D eigenvalue weighted by atomic mass is 16.5. The Bertz CT molecular complexity index is 597. The Kier molecular flexibility index (Phi) is 3.61. The Morgan fingerprint density at radius 2 is 2.05 bits per heavy atom. The summed E-state index contributed by atoms with van der Waals surface area (Å²) < 4.78 is 5.21. The van der Waals surface area contributed by atoms with Crippen LogP contribution >= 0.6 is 0 Å². The highest BCUT2D eigenvalue weighted by molar-refractivity contribution is 5.58. The quantitative estimate of drug-likeness (QED) is 0.926. The molecule has 0 radical (unpaired) electrons. The molecule has 104 valence electrons. The van der Waals surface area contributed by atoms with Gasteiger partial charge in [-0.2, -0.15) is 0 Å². The zero-order valence-electron chi connectivity index (χ0n) is 11.6. The number of aliphatic hydroxyl groups is 1. The van der Waals surface area contributed by atoms with Crippen LogP contribution in [0.15, 0.2) is 48.5 Å². The van der Waals surface area contributed by atoms with Crippen molar-refractivity contribution in [2.75, 3.05) is 25.1 Å². The summed E-state index contributed by atoms with van der Waals surface area (Å²) in [7, 11) is 1.64. The molecule has 1 unspecified atom stereocenters. The minimum Gasteiger partial charge on any atom is -0.497 e. The molecule has 3 heteroatoms. The molecule has 3 rings (SSSR count). The van der Waals surface area contributed by atoms with Gasteiger partial charge in [-0.15, -0.1) is 0 Å². The minimum atomic E-state index is -0.503. The maximum atomic E-state index is 10.4. The second-order valence-corrected chi connectivity index (χ2v) is 5.12. The number of nitrogens with zero attached hydrogens (tertiary/aromatic N) is 1. The zero-order valence-corrected chi connectivity index (χ0v) is 11.6. The Balaban J connectivity index is 1.75. The molecule has 0 bridgehead atoms. The maximum Gasteiger partial charge on any atom is 0.119 e. The van der Waals surface area contributed by atoms with E-state index >= 15 is 0 Å². The summed E-state index contributed by atoms with van der Waals surface area (Å²) in [5.74, 6) is 0.781. The van der Waals surface area contributed by atoms with Gasteiger partial charge in [-0.1, -0.05) is 30.3 Å². The first-order chi connectivity index (χ1) is 9.78. The number of hydrogen-bond donors (Lipinski definition) is 1. The number of methoxy groups -OCH3 is 1. The van der Waals surface area contributed by atoms with Gasteiger partial charge in [0, 0.05) is 18.8 Å². The van der Waals surface area contributed by atoms with Crippen molar-refractivity contribution >= 4 is 5.69 Å². The van der Waals surface area contributed by atoms with Crippen molar-refractivity contribution < 1.29 is 9.84 Å². The van der Waals surface area contributed by atoms with E-state index in [0.717, 1.165) is 24.3 Å². The third-order valence-electron chi connectivity index (χ3n) is 3.86. The minimum absolute atomic E-state index is 0.503. The molecule has 2 aromatic carbocycles. The number of benzene rings is 2. The molecule has 0 saturated carbocycles. The summed E-state index contributed by atoms with van der Waals surface area (Å²) >= 11 is 0. The smallest absolute Gasteiger partial charge is 0.119 e. The van der Waals surface area contributed by atoms with Gasteiger partial charge in [0.25, 0.3) is 0 Å². The number of hydrogen-bond acceptors (Lipinski definition) is 3. The van der Waals surface area contributed by atoms with Crippen molar-refractivity contribution in [3.05, 3.63) is 59.7 Å². The molecule has 1 aliphatic heterocycles. The normalized spacial score (nSPS) is 15.0. The molecule has 1 aliphatic rings. The zero-order chi connectivity index (χ0) is 13.9. The SMILES string of the molecule is COc1cccc(C(O)CN2CCc3ccccc32)c1. The molecule has 20 heavy (non-hydrogen) atoms. The van der Waals surface area contributed by atoms with Gasteiger partial charge in [0.05, 0.1) is 13.2 Å². The number of aliphatic hydroxyl groups excluding tert-OH is 1. The average Bonchev–Trinajstić information content (AvgIpc) is 2.90. The Morgan fingerprint density at radius 1 is 1.20 bits per heavy atom. The molecule has 0 fully saturated rings. The first-order valence-corrected chi connectivity index (χ1v) is 6.93. The third kappa shape index (κ3) is 2.49. The van der Waals surface area contributed by atoms with Crippen LogP contribution in [0.1, 0.15) is 17.2 Å². The van der Waals surface area contributed by atoms with Crippen LogP contribution in [-0.2, 0) is 6.42 Å². The molecule has 0 aliphatic carbocycles. The highest BCUT2D eigenvalue weighted by Crippen LogP contribution is 2.29. The predicted octanol–water partition coefficient (Wildman–Crippen LogP) is 2.79. The lowest BCUT2D eigenvalue weighted by molar-refractivity contribution is 0.183. The van der Waals surface area contributed by atoms with E-state index in [2.05, 4.69) is 29.2 Å². The molecule has 0 aromatic heterocycles. The van der Waals surface area contributed by atoms with E-state index < -0.39 is 6.10 Å². The van der Waals surface area contributed by atoms with Gasteiger partial charge in [-0.05, 0) is 35.7 Å². The number of rotatable bonds is 4. The average molecular weight is 269 g/mol. The van der Waals surface area contributed by atoms with E-state index in [9.17, 15) is 5.11 Å². The van der Waals surface area contributed by atoms with Crippen LogP contribution in [0.2, 0.25) is 0 Å². The lowest BCUT2D eigenvalue weighted by Crippen LogP contribution is -2.26. The molecule has 2 aromatic rings. The molecular formula is C17H19NO2. The molecule has 1 heterocycles. The van der Waals surface area contributed by atoms with E-state index in [1.54, 1.807) is 7.11 Å². The monoisotopic (exact) mass is 269 g/mol. The fraction of sp³-hybridized carbons (Fsp3) is 0.294. The van der Waals surface area contributed by atoms with Crippen molar-refractivity contribution in [3.8, 4) is 5.75 Å². The number of para-hydroxylation sites is 1. The van der Waals surface area contributed by atoms with Crippen LogP contribution < -0.4 is 9.64 Å². The van der Waals surface area contributed by atoms with Crippen LogP contribution in [0.25, 0.3) is 0 Å². The van der Waals surface area contributed by atoms with E-state index in [-0.39, 0.29) is 0 Å². The lowest BCUT2D eigenvalue weighted by atomic mass is 10.1. The van der Waals surface area contributed by atoms with Gasteiger partial charge in [-0.25, -0.2) is 0 Å². The number of fused-ring (bicyclic) bond motifs is 1. The molecule has 1 atom stereocenters. The van der Waals surface area contributed by atoms with Gasteiger partial charge in [-0.3, -0.25) is 0 Å². The maximum absolute atomic E-state index is 10.4. The molecule has 0 amide bonds. The van der Waals surface area contributed by atoms with Gasteiger partial charge < -0.3 is 14.7 Å². The van der Waals surface area contributed by atoms with Crippen LogP contribution in [0.5, 0.6) is 5.75 Å². The fourth-order valence-electron chi connectivity index (χ4n) is 2.76. The molecule has 0 saturated heterocycles. The fourth-order valence-corrected chi connectivity index (χ4v) is 2.76. The summed E-state index contributed by atoms with van der Waals surface area (Å²) in [5.41, 5.74) is 3.51. The summed E-state index contributed by atoms with van der Waals surface area (Å²) in [4.78, 5) is 2.25. The molecule has 0 spiro atoms. The summed E-state index contributed by atoms with van der Waals surface area (Å²) in [6, 6.07) is 16.0. The third-order valence-corrected chi connectivity index (χ3v) is 3.86. The van der Waals surface area contributed by atoms with Crippen LogP contribution in [0, 0.1) is 0 Å². The Morgan fingerprint density at radius 3 is 2.90 bits per heavy atom. The predicted molar refractivity (Wildman–Crippen MR) is 80.3 cm³/mol. The van der Waals surface area contributed by atoms with Crippen LogP contribution in [0.3, 0.4) is 0 Å². The van der Waals surface area contributed by atoms with Gasteiger partial charge in [0.2, 0.25) is 0 Å².